The first-order valence-electron chi connectivity index (χ1n) is 12.8. The molecule has 11 heteroatoms. The molecule has 3 heterocycles. The summed E-state index contributed by atoms with van der Waals surface area (Å²) in [4.78, 5) is 11.5. The topological polar surface area (TPSA) is 96.5 Å². The van der Waals surface area contributed by atoms with Crippen LogP contribution in [0.3, 0.4) is 0 Å². The van der Waals surface area contributed by atoms with Crippen molar-refractivity contribution in [3.63, 3.8) is 0 Å². The maximum Gasteiger partial charge on any atom is 0.251 e. The maximum absolute atomic E-state index is 12.8. The molecule has 4 rings (SSSR count). The van der Waals surface area contributed by atoms with Crippen LogP contribution in [0.2, 0.25) is 5.02 Å². The fourth-order valence-electron chi connectivity index (χ4n) is 4.80. The highest BCUT2D eigenvalue weighted by molar-refractivity contribution is 6.33. The van der Waals surface area contributed by atoms with E-state index in [4.69, 9.17) is 30.8 Å². The summed E-state index contributed by atoms with van der Waals surface area (Å²) in [5.41, 5.74) is 3.40. The van der Waals surface area contributed by atoms with Crippen LogP contribution in [-0.2, 0) is 6.42 Å². The smallest absolute Gasteiger partial charge is 0.251 e. The maximum atomic E-state index is 12.8. The van der Waals surface area contributed by atoms with E-state index in [2.05, 4.69) is 10.5 Å². The monoisotopic (exact) mass is 549 g/mol. The van der Waals surface area contributed by atoms with E-state index >= 15 is 0 Å². The fourth-order valence-corrected chi connectivity index (χ4v) is 5.05. The summed E-state index contributed by atoms with van der Waals surface area (Å²) in [6, 6.07) is 7.39. The molecule has 1 saturated heterocycles. The van der Waals surface area contributed by atoms with Gasteiger partial charge in [0.05, 0.1) is 34.2 Å². The van der Waals surface area contributed by atoms with E-state index in [-0.39, 0.29) is 19.1 Å². The van der Waals surface area contributed by atoms with Crippen molar-refractivity contribution >= 4 is 11.6 Å². The second-order valence-corrected chi connectivity index (χ2v) is 10.1. The summed E-state index contributed by atoms with van der Waals surface area (Å²) in [7, 11) is 1.77. The number of nitrogens with one attached hydrogen (secondary N) is 1. The van der Waals surface area contributed by atoms with Crippen LogP contribution in [0.15, 0.2) is 28.8 Å². The number of aliphatic hydroxyl groups is 1. The second kappa shape index (κ2) is 12.9. The number of aryl methyl sites for hydroxylation is 2. The minimum Gasteiger partial charge on any atom is -0.491 e. The predicted octanol–water partition coefficient (Wildman–Crippen LogP) is 4.55. The zero-order valence-corrected chi connectivity index (χ0v) is 22.6. The van der Waals surface area contributed by atoms with E-state index in [9.17, 15) is 13.9 Å². The fraction of sp³-hybridized carbons (Fsp3) is 0.519. The van der Waals surface area contributed by atoms with Gasteiger partial charge in [-0.25, -0.2) is 18.7 Å². The van der Waals surface area contributed by atoms with Crippen molar-refractivity contribution in [2.24, 2.45) is 5.92 Å². The zero-order chi connectivity index (χ0) is 27.2. The number of hydrogen-bond donors (Lipinski definition) is 2. The van der Waals surface area contributed by atoms with Crippen LogP contribution < -0.4 is 10.1 Å². The number of nitrogens with zero attached hydrogens (tertiary/aromatic N) is 4. The Balaban J connectivity index is 1.64. The molecule has 0 saturated carbocycles. The molecule has 1 aliphatic heterocycles. The third kappa shape index (κ3) is 7.05. The largest absolute Gasteiger partial charge is 0.491 e. The third-order valence-corrected chi connectivity index (χ3v) is 7.15. The average Bonchev–Trinajstić information content (AvgIpc) is 3.22. The van der Waals surface area contributed by atoms with Gasteiger partial charge in [-0.1, -0.05) is 28.9 Å². The molecular formula is C27H34ClF2N5O3. The number of ether oxygens (including phenoxy) is 1. The number of likely N-dealkylation sites (tertiary alicyclic amines) is 1. The molecule has 2 N–H and O–H groups in total. The van der Waals surface area contributed by atoms with Crippen molar-refractivity contribution in [2.75, 3.05) is 39.8 Å². The highest BCUT2D eigenvalue weighted by Gasteiger charge is 2.26. The molecule has 3 aromatic rings. The Morgan fingerprint density at radius 1 is 1.24 bits per heavy atom. The van der Waals surface area contributed by atoms with Crippen LogP contribution in [0.1, 0.15) is 30.0 Å². The lowest BCUT2D eigenvalue weighted by molar-refractivity contribution is 0.0690. The van der Waals surface area contributed by atoms with Crippen molar-refractivity contribution < 1.29 is 23.1 Å². The molecule has 0 radical (unpaired) electrons. The predicted molar refractivity (Wildman–Crippen MR) is 142 cm³/mol. The highest BCUT2D eigenvalue weighted by atomic mass is 35.5. The number of rotatable bonds is 11. The van der Waals surface area contributed by atoms with Gasteiger partial charge >= 0.3 is 0 Å². The van der Waals surface area contributed by atoms with Crippen LogP contribution in [0.25, 0.3) is 22.6 Å². The van der Waals surface area contributed by atoms with Crippen LogP contribution in [0.5, 0.6) is 5.75 Å². The van der Waals surface area contributed by atoms with Gasteiger partial charge in [-0.3, -0.25) is 4.90 Å². The molecule has 0 aliphatic carbocycles. The summed E-state index contributed by atoms with van der Waals surface area (Å²) in [6.45, 7) is 5.28. The van der Waals surface area contributed by atoms with Gasteiger partial charge in [0, 0.05) is 12.1 Å². The second-order valence-electron chi connectivity index (χ2n) is 9.75. The van der Waals surface area contributed by atoms with Crippen molar-refractivity contribution in [2.45, 2.75) is 45.6 Å². The molecule has 206 valence electrons. The zero-order valence-electron chi connectivity index (χ0n) is 21.9. The van der Waals surface area contributed by atoms with Crippen LogP contribution >= 0.6 is 11.6 Å². The first-order chi connectivity index (χ1) is 18.2. The van der Waals surface area contributed by atoms with E-state index in [1.165, 1.54) is 0 Å². The third-order valence-electron chi connectivity index (χ3n) is 6.75. The molecular weight excluding hydrogens is 516 g/mol. The average molecular weight is 550 g/mol. The number of piperidine rings is 1. The standard InChI is InChI=1S/C27H34ClF2N5O3/c1-16-24(17(2)38-34-16)26-25(28)22(11-18-7-9-35(10-8-18)14-23(29)30)32-27(33-26)19-5-4-6-21(12-19)37-15-20(36)13-31-3/h4-6,12,18,20,23,31,36H,7-11,13-15H2,1-3H3. The summed E-state index contributed by atoms with van der Waals surface area (Å²) in [6.07, 6.45) is -0.767. The number of benzene rings is 1. The van der Waals surface area contributed by atoms with Crippen LogP contribution in [0.4, 0.5) is 8.78 Å². The van der Waals surface area contributed by atoms with E-state index in [0.29, 0.717) is 65.5 Å². The summed E-state index contributed by atoms with van der Waals surface area (Å²) >= 11 is 6.90. The van der Waals surface area contributed by atoms with Gasteiger partial charge in [0.15, 0.2) is 5.82 Å². The number of likely N-dealkylation sites (N-methyl/N-ethyl adjacent to an activating group) is 1. The Morgan fingerprint density at radius 3 is 2.66 bits per heavy atom. The number of aromatic nitrogens is 3. The normalized spacial score (nSPS) is 15.8. The van der Waals surface area contributed by atoms with Crippen molar-refractivity contribution in [3.05, 3.63) is 46.4 Å². The molecule has 1 unspecified atom stereocenters. The quantitative estimate of drug-likeness (QED) is 0.360. The molecule has 1 fully saturated rings. The van der Waals surface area contributed by atoms with Crippen molar-refractivity contribution in [1.82, 2.24) is 25.3 Å². The number of halogens is 3. The first kappa shape index (κ1) is 28.4. The van der Waals surface area contributed by atoms with Gasteiger partial charge in [0.2, 0.25) is 0 Å². The summed E-state index contributed by atoms with van der Waals surface area (Å²) in [5.74, 6) is 1.94. The van der Waals surface area contributed by atoms with E-state index in [1.807, 2.05) is 43.0 Å². The molecule has 8 nitrogen and oxygen atoms in total. The molecule has 0 spiro atoms. The van der Waals surface area contributed by atoms with Crippen LogP contribution in [0, 0.1) is 19.8 Å². The first-order valence-corrected chi connectivity index (χ1v) is 13.2. The molecule has 2 aromatic heterocycles. The highest BCUT2D eigenvalue weighted by Crippen LogP contribution is 2.36. The lowest BCUT2D eigenvalue weighted by Crippen LogP contribution is -2.37. The Morgan fingerprint density at radius 2 is 2.00 bits per heavy atom. The van der Waals surface area contributed by atoms with E-state index in [1.54, 1.807) is 7.05 Å². The van der Waals surface area contributed by atoms with Gasteiger partial charge in [0.1, 0.15) is 24.2 Å². The molecule has 0 bridgehead atoms. The summed E-state index contributed by atoms with van der Waals surface area (Å²) < 4.78 is 36.8. The Hall–Kier alpha value is -2.66. The Kier molecular flexibility index (Phi) is 9.64. The van der Waals surface area contributed by atoms with Crippen LogP contribution in [-0.4, -0.2) is 77.5 Å². The van der Waals surface area contributed by atoms with Gasteiger partial charge in [0.25, 0.3) is 6.43 Å². The Labute approximate surface area is 226 Å². The lowest BCUT2D eigenvalue weighted by Gasteiger charge is -2.31. The van der Waals surface area contributed by atoms with E-state index < -0.39 is 12.5 Å². The minimum atomic E-state index is -2.32. The Bertz CT molecular complexity index is 1200. The van der Waals surface area contributed by atoms with Gasteiger partial charge < -0.3 is 19.7 Å². The van der Waals surface area contributed by atoms with Crippen molar-refractivity contribution in [1.29, 1.82) is 0 Å². The van der Waals surface area contributed by atoms with Gasteiger partial charge in [-0.15, -0.1) is 0 Å². The lowest BCUT2D eigenvalue weighted by atomic mass is 9.91. The van der Waals surface area contributed by atoms with Gasteiger partial charge in [-0.2, -0.15) is 0 Å². The number of alkyl halides is 2. The number of hydrogen-bond acceptors (Lipinski definition) is 8. The minimum absolute atomic E-state index is 0.144. The molecule has 1 aromatic carbocycles. The SMILES string of the molecule is CNCC(O)COc1cccc(-c2nc(CC3CCN(CC(F)F)CC3)c(Cl)c(-c3c(C)noc3C)n2)c1. The molecule has 1 aliphatic rings. The van der Waals surface area contributed by atoms with Gasteiger partial charge in [-0.05, 0) is 71.3 Å². The number of aliphatic hydroxyl groups excluding tert-OH is 1. The van der Waals surface area contributed by atoms with Crippen molar-refractivity contribution in [3.8, 4) is 28.4 Å². The molecule has 1 atom stereocenters. The molecule has 0 amide bonds. The molecule has 38 heavy (non-hydrogen) atoms. The summed E-state index contributed by atoms with van der Waals surface area (Å²) in [5, 5.41) is 17.4. The van der Waals surface area contributed by atoms with E-state index in [0.717, 1.165) is 24.0 Å².